The predicted octanol–water partition coefficient (Wildman–Crippen LogP) is 3.08. The Labute approximate surface area is 78.3 Å². The van der Waals surface area contributed by atoms with Crippen LogP contribution in [0.15, 0.2) is 18.2 Å². The van der Waals surface area contributed by atoms with Gasteiger partial charge in [-0.2, -0.15) is 13.2 Å². The van der Waals surface area contributed by atoms with Crippen molar-refractivity contribution in [3.63, 3.8) is 0 Å². The van der Waals surface area contributed by atoms with Crippen LogP contribution in [-0.2, 0) is 0 Å². The molecule has 5 heteroatoms. The lowest BCUT2D eigenvalue weighted by Gasteiger charge is -2.09. The number of benzene rings is 1. The Morgan fingerprint density at radius 1 is 1.21 bits per heavy atom. The van der Waals surface area contributed by atoms with Crippen LogP contribution in [0.25, 0.3) is 0 Å². The number of hydrogen-bond donors (Lipinski definition) is 0. The first-order chi connectivity index (χ1) is 6.37. The van der Waals surface area contributed by atoms with Crippen molar-refractivity contribution in [2.24, 2.45) is 0 Å². The minimum absolute atomic E-state index is 0.111. The van der Waals surface area contributed by atoms with E-state index in [0.717, 1.165) is 6.07 Å². The van der Waals surface area contributed by atoms with E-state index in [-0.39, 0.29) is 5.75 Å². The smallest absolute Gasteiger partial charge is 0.422 e. The molecule has 0 unspecified atom stereocenters. The third-order valence-electron chi connectivity index (χ3n) is 1.42. The summed E-state index contributed by atoms with van der Waals surface area (Å²) < 4.78 is 52.2. The molecule has 0 N–H and O–H groups in total. The molecular formula is C9H8F4O. The van der Waals surface area contributed by atoms with Gasteiger partial charge in [-0.15, -0.1) is 0 Å². The number of halogens is 4. The third kappa shape index (κ3) is 3.64. The van der Waals surface area contributed by atoms with Gasteiger partial charge < -0.3 is 4.74 Å². The Bertz CT molecular complexity index is 299. The van der Waals surface area contributed by atoms with E-state index in [4.69, 9.17) is 0 Å². The molecule has 0 aliphatic heterocycles. The van der Waals surface area contributed by atoms with Crippen LogP contribution in [0.2, 0.25) is 0 Å². The zero-order chi connectivity index (χ0) is 10.8. The molecule has 0 aliphatic rings. The number of alkyl halides is 3. The van der Waals surface area contributed by atoms with Gasteiger partial charge in [0.1, 0.15) is 11.6 Å². The minimum Gasteiger partial charge on any atom is -0.484 e. The van der Waals surface area contributed by atoms with Gasteiger partial charge in [-0.3, -0.25) is 0 Å². The van der Waals surface area contributed by atoms with E-state index in [1.165, 1.54) is 12.1 Å². The van der Waals surface area contributed by atoms with Gasteiger partial charge in [-0.05, 0) is 24.6 Å². The Kier molecular flexibility index (Phi) is 2.98. The summed E-state index contributed by atoms with van der Waals surface area (Å²) in [5, 5.41) is 0. The van der Waals surface area contributed by atoms with E-state index in [2.05, 4.69) is 4.74 Å². The van der Waals surface area contributed by atoms with Gasteiger partial charge >= 0.3 is 6.18 Å². The maximum atomic E-state index is 12.7. The molecule has 0 bridgehead atoms. The highest BCUT2D eigenvalue weighted by Gasteiger charge is 2.28. The summed E-state index contributed by atoms with van der Waals surface area (Å²) in [6, 6.07) is 3.47. The lowest BCUT2D eigenvalue weighted by atomic mass is 10.2. The normalized spacial score (nSPS) is 11.5. The molecule has 78 valence electrons. The van der Waals surface area contributed by atoms with Crippen molar-refractivity contribution in [3.8, 4) is 5.75 Å². The molecule has 1 rings (SSSR count). The largest absolute Gasteiger partial charge is 0.484 e. The molecule has 0 saturated carbocycles. The number of hydrogen-bond acceptors (Lipinski definition) is 1. The van der Waals surface area contributed by atoms with Crippen LogP contribution in [-0.4, -0.2) is 12.8 Å². The Balaban J connectivity index is 2.68. The quantitative estimate of drug-likeness (QED) is 0.678. The van der Waals surface area contributed by atoms with Crippen molar-refractivity contribution >= 4 is 0 Å². The first kappa shape index (κ1) is 10.8. The third-order valence-corrected chi connectivity index (χ3v) is 1.42. The van der Waals surface area contributed by atoms with E-state index in [1.54, 1.807) is 6.92 Å². The summed E-state index contributed by atoms with van der Waals surface area (Å²) in [6.45, 7) is 0.166. The van der Waals surface area contributed by atoms with E-state index >= 15 is 0 Å². The second kappa shape index (κ2) is 3.86. The second-order valence-electron chi connectivity index (χ2n) is 2.87. The summed E-state index contributed by atoms with van der Waals surface area (Å²) in [4.78, 5) is 0. The van der Waals surface area contributed by atoms with Crippen LogP contribution in [0.4, 0.5) is 17.6 Å². The molecule has 0 fully saturated rings. The molecule has 1 aromatic rings. The molecule has 0 atom stereocenters. The van der Waals surface area contributed by atoms with Gasteiger partial charge in [-0.1, -0.05) is 0 Å². The average Bonchev–Trinajstić information content (AvgIpc) is 1.97. The lowest BCUT2D eigenvalue weighted by molar-refractivity contribution is -0.153. The molecule has 0 amide bonds. The van der Waals surface area contributed by atoms with E-state index < -0.39 is 18.6 Å². The molecule has 0 heterocycles. The van der Waals surface area contributed by atoms with E-state index in [9.17, 15) is 17.6 Å². The van der Waals surface area contributed by atoms with Crippen molar-refractivity contribution in [2.75, 3.05) is 6.61 Å². The van der Waals surface area contributed by atoms with Crippen molar-refractivity contribution < 1.29 is 22.3 Å². The fourth-order valence-electron chi connectivity index (χ4n) is 0.951. The van der Waals surface area contributed by atoms with Gasteiger partial charge in [0, 0.05) is 6.07 Å². The maximum Gasteiger partial charge on any atom is 0.422 e. The van der Waals surface area contributed by atoms with Crippen LogP contribution in [0.3, 0.4) is 0 Å². The molecule has 0 aliphatic carbocycles. The monoisotopic (exact) mass is 208 g/mol. The molecule has 14 heavy (non-hydrogen) atoms. The fourth-order valence-corrected chi connectivity index (χ4v) is 0.951. The Morgan fingerprint density at radius 2 is 1.86 bits per heavy atom. The summed E-state index contributed by atoms with van der Waals surface area (Å²) in [6.07, 6.45) is -4.40. The van der Waals surface area contributed by atoms with Crippen molar-refractivity contribution in [1.29, 1.82) is 0 Å². The summed E-state index contributed by atoms with van der Waals surface area (Å²) in [5.74, 6) is -0.720. The minimum atomic E-state index is -4.40. The molecular weight excluding hydrogens is 200 g/mol. The maximum absolute atomic E-state index is 12.7. The summed E-state index contributed by atoms with van der Waals surface area (Å²) in [7, 11) is 0. The molecule has 0 aromatic heterocycles. The Morgan fingerprint density at radius 3 is 2.36 bits per heavy atom. The highest BCUT2D eigenvalue weighted by atomic mass is 19.4. The first-order valence-corrected chi connectivity index (χ1v) is 3.83. The molecule has 0 saturated heterocycles. The van der Waals surface area contributed by atoms with E-state index in [1.807, 2.05) is 0 Å². The number of ether oxygens (including phenoxy) is 1. The Hall–Kier alpha value is -1.26. The van der Waals surface area contributed by atoms with Crippen LogP contribution in [0.5, 0.6) is 5.75 Å². The van der Waals surface area contributed by atoms with Crippen LogP contribution >= 0.6 is 0 Å². The standard InChI is InChI=1S/C9H8F4O/c1-6-2-7(10)4-8(3-6)14-5-9(11,12)13/h2-4H,5H2,1H3. The predicted molar refractivity (Wildman–Crippen MR) is 42.7 cm³/mol. The van der Waals surface area contributed by atoms with E-state index in [0.29, 0.717) is 5.56 Å². The number of rotatable bonds is 2. The zero-order valence-corrected chi connectivity index (χ0v) is 7.36. The van der Waals surface area contributed by atoms with Gasteiger partial charge in [0.2, 0.25) is 0 Å². The van der Waals surface area contributed by atoms with Gasteiger partial charge in [0.25, 0.3) is 0 Å². The zero-order valence-electron chi connectivity index (χ0n) is 7.36. The van der Waals surface area contributed by atoms with Gasteiger partial charge in [0.05, 0.1) is 0 Å². The van der Waals surface area contributed by atoms with Gasteiger partial charge in [-0.25, -0.2) is 4.39 Å². The summed E-state index contributed by atoms with van der Waals surface area (Å²) in [5.41, 5.74) is 0.516. The van der Waals surface area contributed by atoms with Crippen molar-refractivity contribution in [3.05, 3.63) is 29.6 Å². The summed E-state index contributed by atoms with van der Waals surface area (Å²) >= 11 is 0. The van der Waals surface area contributed by atoms with Crippen LogP contribution < -0.4 is 4.74 Å². The van der Waals surface area contributed by atoms with Crippen molar-refractivity contribution in [2.45, 2.75) is 13.1 Å². The molecule has 0 radical (unpaired) electrons. The number of aryl methyl sites for hydroxylation is 1. The average molecular weight is 208 g/mol. The molecule has 0 spiro atoms. The van der Waals surface area contributed by atoms with Gasteiger partial charge in [0.15, 0.2) is 6.61 Å². The highest BCUT2D eigenvalue weighted by Crippen LogP contribution is 2.20. The van der Waals surface area contributed by atoms with Crippen LogP contribution in [0, 0.1) is 12.7 Å². The fraction of sp³-hybridized carbons (Fsp3) is 0.333. The van der Waals surface area contributed by atoms with Crippen molar-refractivity contribution in [1.82, 2.24) is 0 Å². The first-order valence-electron chi connectivity index (χ1n) is 3.83. The molecule has 1 aromatic carbocycles. The molecule has 1 nitrogen and oxygen atoms in total. The second-order valence-corrected chi connectivity index (χ2v) is 2.87. The highest BCUT2D eigenvalue weighted by molar-refractivity contribution is 5.28. The topological polar surface area (TPSA) is 9.23 Å². The SMILES string of the molecule is Cc1cc(F)cc(OCC(F)(F)F)c1. The van der Waals surface area contributed by atoms with Crippen LogP contribution in [0.1, 0.15) is 5.56 Å². The lowest BCUT2D eigenvalue weighted by Crippen LogP contribution is -2.19.